The van der Waals surface area contributed by atoms with Gasteiger partial charge in [0.1, 0.15) is 5.76 Å². The Morgan fingerprint density at radius 1 is 1.50 bits per heavy atom. The van der Waals surface area contributed by atoms with Gasteiger partial charge in [0.25, 0.3) is 0 Å². The van der Waals surface area contributed by atoms with E-state index in [0.29, 0.717) is 43.3 Å². The standard InChI is InChI=1S/C17H25ClN2O4/c1-12-11-20(16(21)3-2-14-10-15(18)19-24-14)7-6-17(12,22)13-4-8-23-9-5-13/h10,12-13,22H,2-9,11H2,1H3. The molecule has 1 aromatic heterocycles. The monoisotopic (exact) mass is 356 g/mol. The topological polar surface area (TPSA) is 75.8 Å². The number of hydrogen-bond acceptors (Lipinski definition) is 5. The van der Waals surface area contributed by atoms with E-state index in [2.05, 4.69) is 5.16 Å². The molecule has 1 aromatic rings. The predicted octanol–water partition coefficient (Wildman–Crippen LogP) is 2.29. The summed E-state index contributed by atoms with van der Waals surface area (Å²) in [7, 11) is 0. The summed E-state index contributed by atoms with van der Waals surface area (Å²) in [6.45, 7) is 4.70. The minimum Gasteiger partial charge on any atom is -0.389 e. The first kappa shape index (κ1) is 17.7. The zero-order valence-electron chi connectivity index (χ0n) is 14.0. The molecule has 3 rings (SSSR count). The highest BCUT2D eigenvalue weighted by Crippen LogP contribution is 2.39. The summed E-state index contributed by atoms with van der Waals surface area (Å²) in [6.07, 6.45) is 3.31. The highest BCUT2D eigenvalue weighted by molar-refractivity contribution is 6.29. The Kier molecular flexibility index (Phi) is 5.47. The van der Waals surface area contributed by atoms with Crippen molar-refractivity contribution < 1.29 is 19.2 Å². The van der Waals surface area contributed by atoms with Crippen LogP contribution in [0.4, 0.5) is 0 Å². The van der Waals surface area contributed by atoms with Gasteiger partial charge in [-0.1, -0.05) is 23.7 Å². The lowest BCUT2D eigenvalue weighted by Crippen LogP contribution is -2.56. The van der Waals surface area contributed by atoms with Gasteiger partial charge < -0.3 is 19.3 Å². The summed E-state index contributed by atoms with van der Waals surface area (Å²) < 4.78 is 10.4. The molecule has 24 heavy (non-hydrogen) atoms. The Balaban J connectivity index is 1.53. The molecular formula is C17H25ClN2O4. The second-order valence-electron chi connectivity index (χ2n) is 6.98. The zero-order chi connectivity index (χ0) is 17.2. The Morgan fingerprint density at radius 2 is 2.25 bits per heavy atom. The molecule has 0 radical (unpaired) electrons. The van der Waals surface area contributed by atoms with Crippen LogP contribution >= 0.6 is 11.6 Å². The van der Waals surface area contributed by atoms with E-state index in [1.54, 1.807) is 6.07 Å². The quantitative estimate of drug-likeness (QED) is 0.895. The maximum absolute atomic E-state index is 12.4. The van der Waals surface area contributed by atoms with Crippen molar-refractivity contribution in [2.45, 2.75) is 44.6 Å². The van der Waals surface area contributed by atoms with Gasteiger partial charge >= 0.3 is 0 Å². The van der Waals surface area contributed by atoms with E-state index < -0.39 is 5.60 Å². The second kappa shape index (κ2) is 7.42. The molecule has 2 unspecified atom stereocenters. The number of piperidine rings is 1. The fourth-order valence-electron chi connectivity index (χ4n) is 3.96. The van der Waals surface area contributed by atoms with Crippen molar-refractivity contribution in [3.63, 3.8) is 0 Å². The predicted molar refractivity (Wildman–Crippen MR) is 88.7 cm³/mol. The van der Waals surface area contributed by atoms with Crippen molar-refractivity contribution in [2.75, 3.05) is 26.3 Å². The SMILES string of the molecule is CC1CN(C(=O)CCc2cc(Cl)no2)CCC1(O)C1CCOCC1. The molecule has 0 spiro atoms. The average Bonchev–Trinajstić information content (AvgIpc) is 3.01. The van der Waals surface area contributed by atoms with Gasteiger partial charge in [-0.3, -0.25) is 4.79 Å². The number of nitrogens with zero attached hydrogens (tertiary/aromatic N) is 2. The molecule has 134 valence electrons. The molecular weight excluding hydrogens is 332 g/mol. The van der Waals surface area contributed by atoms with Crippen molar-refractivity contribution in [2.24, 2.45) is 11.8 Å². The van der Waals surface area contributed by atoms with Gasteiger partial charge in [-0.15, -0.1) is 0 Å². The molecule has 3 heterocycles. The van der Waals surface area contributed by atoms with Crippen molar-refractivity contribution in [1.82, 2.24) is 10.1 Å². The molecule has 1 amide bonds. The Hall–Kier alpha value is -1.11. The van der Waals surface area contributed by atoms with Gasteiger partial charge in [0, 0.05) is 51.1 Å². The van der Waals surface area contributed by atoms with Crippen LogP contribution in [0.1, 0.15) is 38.4 Å². The number of aryl methyl sites for hydroxylation is 1. The molecule has 7 heteroatoms. The van der Waals surface area contributed by atoms with Gasteiger partial charge in [-0.25, -0.2) is 0 Å². The summed E-state index contributed by atoms with van der Waals surface area (Å²) in [5.41, 5.74) is -0.682. The normalized spacial score (nSPS) is 29.0. The third-order valence-corrected chi connectivity index (χ3v) is 5.70. The van der Waals surface area contributed by atoms with E-state index in [1.165, 1.54) is 0 Å². The minimum atomic E-state index is -0.682. The highest BCUT2D eigenvalue weighted by atomic mass is 35.5. The van der Waals surface area contributed by atoms with Crippen LogP contribution in [0.25, 0.3) is 0 Å². The van der Waals surface area contributed by atoms with Crippen LogP contribution in [0, 0.1) is 11.8 Å². The van der Waals surface area contributed by atoms with Crippen molar-refractivity contribution in [3.8, 4) is 0 Å². The first-order chi connectivity index (χ1) is 11.5. The van der Waals surface area contributed by atoms with E-state index >= 15 is 0 Å². The van der Waals surface area contributed by atoms with E-state index in [9.17, 15) is 9.90 Å². The van der Waals surface area contributed by atoms with E-state index in [4.69, 9.17) is 20.9 Å². The zero-order valence-corrected chi connectivity index (χ0v) is 14.8. The summed E-state index contributed by atoms with van der Waals surface area (Å²) in [4.78, 5) is 14.3. The van der Waals surface area contributed by atoms with E-state index in [0.717, 1.165) is 26.1 Å². The smallest absolute Gasteiger partial charge is 0.223 e. The number of halogens is 1. The lowest BCUT2D eigenvalue weighted by atomic mass is 9.70. The molecule has 0 aromatic carbocycles. The number of hydrogen-bond donors (Lipinski definition) is 1. The molecule has 6 nitrogen and oxygen atoms in total. The van der Waals surface area contributed by atoms with E-state index in [-0.39, 0.29) is 17.7 Å². The van der Waals surface area contributed by atoms with Gasteiger partial charge in [-0.05, 0) is 25.2 Å². The Morgan fingerprint density at radius 3 is 2.88 bits per heavy atom. The van der Waals surface area contributed by atoms with Gasteiger partial charge in [-0.2, -0.15) is 0 Å². The molecule has 1 N–H and O–H groups in total. The van der Waals surface area contributed by atoms with Crippen LogP contribution in [0.5, 0.6) is 0 Å². The highest BCUT2D eigenvalue weighted by Gasteiger charge is 2.45. The maximum atomic E-state index is 12.4. The second-order valence-corrected chi connectivity index (χ2v) is 7.37. The number of amides is 1. The first-order valence-corrected chi connectivity index (χ1v) is 9.06. The summed E-state index contributed by atoms with van der Waals surface area (Å²) in [5.74, 6) is 1.05. The molecule has 2 aliphatic heterocycles. The lowest BCUT2D eigenvalue weighted by Gasteiger charge is -2.48. The molecule has 2 fully saturated rings. The van der Waals surface area contributed by atoms with Gasteiger partial charge in [0.05, 0.1) is 5.60 Å². The lowest BCUT2D eigenvalue weighted by molar-refractivity contribution is -0.151. The average molecular weight is 357 g/mol. The molecule has 2 aliphatic rings. The van der Waals surface area contributed by atoms with Gasteiger partial charge in [0.15, 0.2) is 5.15 Å². The number of rotatable bonds is 4. The maximum Gasteiger partial charge on any atom is 0.223 e. The number of aromatic nitrogens is 1. The molecule has 0 saturated carbocycles. The minimum absolute atomic E-state index is 0.0676. The largest absolute Gasteiger partial charge is 0.389 e. The number of carbonyl (C=O) groups is 1. The van der Waals surface area contributed by atoms with Crippen LogP contribution in [0.3, 0.4) is 0 Å². The van der Waals surface area contributed by atoms with Crippen LogP contribution in [-0.4, -0.2) is 53.0 Å². The number of aliphatic hydroxyl groups is 1. The third-order valence-electron chi connectivity index (χ3n) is 5.53. The summed E-state index contributed by atoms with van der Waals surface area (Å²) in [5, 5.41) is 15.1. The van der Waals surface area contributed by atoms with Crippen LogP contribution in [0.15, 0.2) is 10.6 Å². The molecule has 0 bridgehead atoms. The van der Waals surface area contributed by atoms with Crippen LogP contribution < -0.4 is 0 Å². The van der Waals surface area contributed by atoms with Gasteiger partial charge in [0.2, 0.25) is 5.91 Å². The number of ether oxygens (including phenoxy) is 1. The van der Waals surface area contributed by atoms with Crippen molar-refractivity contribution >= 4 is 17.5 Å². The Labute approximate surface area is 147 Å². The molecule has 2 atom stereocenters. The fourth-order valence-corrected chi connectivity index (χ4v) is 4.12. The molecule has 0 aliphatic carbocycles. The number of likely N-dealkylation sites (tertiary alicyclic amines) is 1. The first-order valence-electron chi connectivity index (χ1n) is 8.68. The van der Waals surface area contributed by atoms with E-state index in [1.807, 2.05) is 11.8 Å². The molecule has 2 saturated heterocycles. The van der Waals surface area contributed by atoms with Crippen molar-refractivity contribution in [3.05, 3.63) is 17.0 Å². The van der Waals surface area contributed by atoms with Crippen molar-refractivity contribution in [1.29, 1.82) is 0 Å². The van der Waals surface area contributed by atoms with Crippen LogP contribution in [0.2, 0.25) is 5.15 Å². The van der Waals surface area contributed by atoms with Crippen LogP contribution in [-0.2, 0) is 16.0 Å². The third kappa shape index (κ3) is 3.76. The summed E-state index contributed by atoms with van der Waals surface area (Å²) >= 11 is 5.71. The number of carbonyl (C=O) groups excluding carboxylic acids is 1. The Bertz CT molecular complexity index is 573. The summed E-state index contributed by atoms with van der Waals surface area (Å²) in [6, 6.07) is 1.64. The fraction of sp³-hybridized carbons (Fsp3) is 0.765.